The van der Waals surface area contributed by atoms with Gasteiger partial charge in [0.25, 0.3) is 0 Å². The Morgan fingerprint density at radius 2 is 1.31 bits per heavy atom. The molecular weight excluding hydrogens is 398 g/mol. The van der Waals surface area contributed by atoms with Gasteiger partial charge in [0.2, 0.25) is 6.79 Å². The molecule has 0 fully saturated rings. The predicted molar refractivity (Wildman–Crippen MR) is 128 cm³/mol. The van der Waals surface area contributed by atoms with Crippen LogP contribution in [0, 0.1) is 24.7 Å². The van der Waals surface area contributed by atoms with E-state index in [2.05, 4.69) is 17.2 Å². The van der Waals surface area contributed by atoms with Gasteiger partial charge in [-0.2, -0.15) is 0 Å². The van der Waals surface area contributed by atoms with Crippen molar-refractivity contribution in [2.45, 2.75) is 0 Å². The zero-order chi connectivity index (χ0) is 21.9. The van der Waals surface area contributed by atoms with Gasteiger partial charge in [-0.3, -0.25) is 0 Å². The Morgan fingerprint density at radius 3 is 1.97 bits per heavy atom. The summed E-state index contributed by atoms with van der Waals surface area (Å²) >= 11 is 0. The largest absolute Gasteiger partial charge is 0.471 e. The van der Waals surface area contributed by atoms with Crippen LogP contribution < -0.4 is 19.5 Å². The highest BCUT2D eigenvalue weighted by Gasteiger charge is 2.13. The summed E-state index contributed by atoms with van der Waals surface area (Å²) in [7, 11) is 0. The minimum absolute atomic E-state index is 0.242. The lowest BCUT2D eigenvalue weighted by atomic mass is 9.98. The van der Waals surface area contributed by atoms with Crippen molar-refractivity contribution < 1.29 is 14.2 Å². The Labute approximate surface area is 187 Å². The molecule has 3 aromatic rings. The first-order valence-corrected chi connectivity index (χ1v) is 10.1. The fourth-order valence-corrected chi connectivity index (χ4v) is 3.67. The second-order valence-electron chi connectivity index (χ2n) is 7.32. The molecule has 2 aliphatic heterocycles. The quantitative estimate of drug-likeness (QED) is 0.448. The van der Waals surface area contributed by atoms with Gasteiger partial charge in [0.15, 0.2) is 18.2 Å². The van der Waals surface area contributed by atoms with Crippen molar-refractivity contribution in [3.8, 4) is 41.9 Å². The normalized spacial score (nSPS) is 14.1. The molecule has 32 heavy (non-hydrogen) atoms. The van der Waals surface area contributed by atoms with Crippen LogP contribution in [0.25, 0.3) is 23.3 Å². The third-order valence-electron chi connectivity index (χ3n) is 5.33. The van der Waals surface area contributed by atoms with Gasteiger partial charge in [-0.15, -0.1) is 12.8 Å². The molecule has 2 aliphatic rings. The van der Waals surface area contributed by atoms with Crippen LogP contribution >= 0.6 is 0 Å². The Kier molecular flexibility index (Phi) is 5.04. The van der Waals surface area contributed by atoms with E-state index < -0.39 is 0 Å². The van der Waals surface area contributed by atoms with E-state index in [1.807, 2.05) is 72.8 Å². The van der Waals surface area contributed by atoms with Gasteiger partial charge in [0.05, 0.1) is 5.69 Å². The maximum absolute atomic E-state index is 5.81. The second kappa shape index (κ2) is 8.30. The Balaban J connectivity index is 1.41. The molecule has 0 saturated heterocycles. The van der Waals surface area contributed by atoms with Crippen molar-refractivity contribution in [2.75, 3.05) is 18.8 Å². The summed E-state index contributed by atoms with van der Waals surface area (Å²) < 4.78 is 16.4. The maximum atomic E-state index is 5.81. The van der Waals surface area contributed by atoms with E-state index in [-0.39, 0.29) is 6.79 Å². The van der Waals surface area contributed by atoms with Crippen molar-refractivity contribution in [3.63, 3.8) is 0 Å². The Morgan fingerprint density at radius 1 is 0.719 bits per heavy atom. The molecule has 3 aromatic carbocycles. The second-order valence-corrected chi connectivity index (χ2v) is 7.32. The Bertz CT molecular complexity index is 1230. The number of ether oxygens (including phenoxy) is 3. The van der Waals surface area contributed by atoms with Crippen molar-refractivity contribution >= 4 is 29.0 Å². The molecule has 4 heteroatoms. The number of anilines is 1. The number of hydrogen-bond acceptors (Lipinski definition) is 4. The lowest BCUT2D eigenvalue weighted by Gasteiger charge is -2.06. The maximum Gasteiger partial charge on any atom is 0.231 e. The summed E-state index contributed by atoms with van der Waals surface area (Å²) in [5, 5.41) is 3.16. The monoisotopic (exact) mass is 417 g/mol. The fraction of sp³-hybridized carbons (Fsp3) is 0.0714. The van der Waals surface area contributed by atoms with E-state index >= 15 is 0 Å². The number of allylic oxidation sites excluding steroid dienone is 2. The summed E-state index contributed by atoms with van der Waals surface area (Å²) in [5.74, 6) is 7.86. The highest BCUT2D eigenvalue weighted by atomic mass is 16.7. The topological polar surface area (TPSA) is 39.7 Å². The predicted octanol–water partition coefficient (Wildman–Crippen LogP) is 5.52. The summed E-state index contributed by atoms with van der Waals surface area (Å²) in [5.41, 5.74) is 6.34. The zero-order valence-electron chi connectivity index (χ0n) is 17.2. The lowest BCUT2D eigenvalue weighted by Crippen LogP contribution is -1.96. The molecule has 0 atom stereocenters. The van der Waals surface area contributed by atoms with Crippen LogP contribution in [0.3, 0.4) is 0 Å². The summed E-state index contributed by atoms with van der Waals surface area (Å²) in [6, 6.07) is 19.7. The van der Waals surface area contributed by atoms with Crippen LogP contribution in [0.4, 0.5) is 5.69 Å². The van der Waals surface area contributed by atoms with Crippen molar-refractivity contribution in [1.29, 1.82) is 0 Å². The van der Waals surface area contributed by atoms with E-state index in [9.17, 15) is 0 Å². The highest BCUT2D eigenvalue weighted by Crippen LogP contribution is 2.34. The summed E-state index contributed by atoms with van der Waals surface area (Å²) in [4.78, 5) is 0. The first-order chi connectivity index (χ1) is 15.7. The summed E-state index contributed by atoms with van der Waals surface area (Å²) in [6.45, 7) is 0.732. The first kappa shape index (κ1) is 19.4. The molecule has 0 saturated carbocycles. The van der Waals surface area contributed by atoms with E-state index in [0.29, 0.717) is 6.73 Å². The van der Waals surface area contributed by atoms with Gasteiger partial charge in [0.1, 0.15) is 5.75 Å². The fourth-order valence-electron chi connectivity index (χ4n) is 3.67. The molecule has 0 amide bonds. The van der Waals surface area contributed by atoms with Crippen LogP contribution in [0.1, 0.15) is 22.3 Å². The minimum atomic E-state index is 0.242. The minimum Gasteiger partial charge on any atom is -0.471 e. The number of fused-ring (bicyclic) bond motifs is 2. The van der Waals surface area contributed by atoms with Gasteiger partial charge >= 0.3 is 0 Å². The van der Waals surface area contributed by atoms with E-state index in [0.717, 1.165) is 56.3 Å². The van der Waals surface area contributed by atoms with Gasteiger partial charge in [-0.1, -0.05) is 48.2 Å². The van der Waals surface area contributed by atoms with Crippen LogP contribution in [0.15, 0.2) is 60.7 Å². The molecule has 0 aliphatic carbocycles. The van der Waals surface area contributed by atoms with E-state index in [4.69, 9.17) is 27.1 Å². The molecule has 5 rings (SSSR count). The van der Waals surface area contributed by atoms with Gasteiger partial charge in [-0.05, 0) is 58.7 Å². The van der Waals surface area contributed by atoms with Gasteiger partial charge < -0.3 is 19.5 Å². The average Bonchev–Trinajstić information content (AvgIpc) is 3.49. The van der Waals surface area contributed by atoms with Crippen LogP contribution in [0.5, 0.6) is 17.2 Å². The summed E-state index contributed by atoms with van der Waals surface area (Å²) in [6.07, 6.45) is 15.5. The molecule has 0 radical (unpaired) electrons. The molecule has 2 heterocycles. The van der Waals surface area contributed by atoms with E-state index in [1.165, 1.54) is 0 Å². The molecule has 154 valence electrons. The van der Waals surface area contributed by atoms with Crippen molar-refractivity contribution in [1.82, 2.24) is 0 Å². The van der Waals surface area contributed by atoms with E-state index in [1.54, 1.807) is 0 Å². The number of benzene rings is 3. The van der Waals surface area contributed by atoms with Crippen LogP contribution in [-0.4, -0.2) is 13.5 Å². The number of nitrogens with one attached hydrogen (secondary N) is 1. The molecule has 1 N–H and O–H groups in total. The number of hydrogen-bond donors (Lipinski definition) is 1. The van der Waals surface area contributed by atoms with Gasteiger partial charge in [0, 0.05) is 11.1 Å². The molecule has 0 bridgehead atoms. The SMILES string of the molecule is C#C/C(=C\c1ccc2c(c1)OCN2)c1ccc(/C(C#C)=C/c2ccc3c(c2)OCO3)cc1. The number of rotatable bonds is 4. The van der Waals surface area contributed by atoms with Crippen molar-refractivity contribution in [2.24, 2.45) is 0 Å². The van der Waals surface area contributed by atoms with Crippen LogP contribution in [-0.2, 0) is 0 Å². The number of terminal acetylenes is 2. The Hall–Kier alpha value is -4.54. The zero-order valence-corrected chi connectivity index (χ0v) is 17.2. The average molecular weight is 417 g/mol. The smallest absolute Gasteiger partial charge is 0.231 e. The third kappa shape index (κ3) is 3.78. The molecule has 0 unspecified atom stereocenters. The molecule has 4 nitrogen and oxygen atoms in total. The third-order valence-corrected chi connectivity index (χ3v) is 5.33. The standard InChI is InChI=1S/C28H19NO3/c1-3-21(13-19-5-11-25-27(15-19)30-17-29-25)23-7-9-24(10-8-23)22(4-2)14-20-6-12-26-28(16-20)32-18-31-26/h1-2,5-16,29H,17-18H2/b21-13+,22-14+. The molecule has 0 aromatic heterocycles. The lowest BCUT2D eigenvalue weighted by molar-refractivity contribution is 0.174. The van der Waals surface area contributed by atoms with Gasteiger partial charge in [-0.25, -0.2) is 0 Å². The van der Waals surface area contributed by atoms with Crippen molar-refractivity contribution in [3.05, 3.63) is 82.9 Å². The first-order valence-electron chi connectivity index (χ1n) is 10.1. The molecule has 0 spiro atoms. The molecular formula is C28H19NO3. The highest BCUT2D eigenvalue weighted by molar-refractivity contribution is 5.94. The van der Waals surface area contributed by atoms with Crippen LogP contribution in [0.2, 0.25) is 0 Å².